The van der Waals surface area contributed by atoms with Crippen LogP contribution in [0.25, 0.3) is 0 Å². The molecule has 1 fully saturated rings. The van der Waals surface area contributed by atoms with E-state index in [0.717, 1.165) is 19.3 Å². The first kappa shape index (κ1) is 19.7. The first-order valence-electron chi connectivity index (χ1n) is 8.67. The molecule has 0 atom stereocenters. The fraction of sp³-hybridized carbons (Fsp3) is 0.316. The minimum Gasteiger partial charge on any atom is -0.495 e. The Balaban J connectivity index is 1.80. The number of benzene rings is 2. The molecule has 6 nitrogen and oxygen atoms in total. The normalized spacial score (nSPS) is 15.3. The zero-order chi connectivity index (χ0) is 19.4. The first-order chi connectivity index (χ1) is 12.9. The summed E-state index contributed by atoms with van der Waals surface area (Å²) in [5.74, 6) is 0.0937. The standard InChI is InChI=1S/C19H21ClN2O4S/c1-26-18-9-8-15(13-17(18)20)21-19(23)14-6-5-7-16(12-14)27(24,25)22-10-3-2-4-11-22/h5-9,12-13H,2-4,10-11H2,1H3,(H,21,23). The van der Waals surface area contributed by atoms with Crippen LogP contribution < -0.4 is 10.1 Å². The smallest absolute Gasteiger partial charge is 0.255 e. The van der Waals surface area contributed by atoms with Crippen LogP contribution in [0.1, 0.15) is 29.6 Å². The van der Waals surface area contributed by atoms with Crippen LogP contribution in [0.3, 0.4) is 0 Å². The summed E-state index contributed by atoms with van der Waals surface area (Å²) in [7, 11) is -2.08. The summed E-state index contributed by atoms with van der Waals surface area (Å²) in [6, 6.07) is 11.0. The molecule has 1 amide bonds. The van der Waals surface area contributed by atoms with Crippen molar-refractivity contribution in [3.05, 3.63) is 53.1 Å². The van der Waals surface area contributed by atoms with Gasteiger partial charge in [0.05, 0.1) is 17.0 Å². The molecule has 0 aliphatic carbocycles. The van der Waals surface area contributed by atoms with Gasteiger partial charge in [-0.3, -0.25) is 4.79 Å². The minimum absolute atomic E-state index is 0.129. The zero-order valence-electron chi connectivity index (χ0n) is 14.9. The molecule has 1 aliphatic rings. The number of amides is 1. The van der Waals surface area contributed by atoms with Crippen LogP contribution in [0.15, 0.2) is 47.4 Å². The Kier molecular flexibility index (Phi) is 6.04. The van der Waals surface area contributed by atoms with Gasteiger partial charge in [0.25, 0.3) is 5.91 Å². The van der Waals surface area contributed by atoms with Crippen LogP contribution in [0.4, 0.5) is 5.69 Å². The molecule has 0 unspecified atom stereocenters. The highest BCUT2D eigenvalue weighted by Crippen LogP contribution is 2.27. The molecule has 144 valence electrons. The van der Waals surface area contributed by atoms with Crippen LogP contribution in [0, 0.1) is 0 Å². The van der Waals surface area contributed by atoms with E-state index in [9.17, 15) is 13.2 Å². The Labute approximate surface area is 164 Å². The number of methoxy groups -OCH3 is 1. The third-order valence-corrected chi connectivity index (χ3v) is 6.65. The predicted molar refractivity (Wildman–Crippen MR) is 105 cm³/mol. The molecule has 1 heterocycles. The number of carbonyl (C=O) groups excluding carboxylic acids is 1. The van der Waals surface area contributed by atoms with Gasteiger partial charge < -0.3 is 10.1 Å². The number of piperidine rings is 1. The van der Waals surface area contributed by atoms with Gasteiger partial charge in [-0.25, -0.2) is 8.42 Å². The predicted octanol–water partition coefficient (Wildman–Crippen LogP) is 3.78. The van der Waals surface area contributed by atoms with Gasteiger partial charge in [-0.05, 0) is 49.2 Å². The Bertz CT molecular complexity index is 940. The van der Waals surface area contributed by atoms with Crippen LogP contribution in [0.2, 0.25) is 5.02 Å². The first-order valence-corrected chi connectivity index (χ1v) is 10.5. The fourth-order valence-electron chi connectivity index (χ4n) is 3.00. The van der Waals surface area contributed by atoms with E-state index in [1.165, 1.54) is 23.5 Å². The van der Waals surface area contributed by atoms with Gasteiger partial charge in [-0.2, -0.15) is 4.31 Å². The number of rotatable bonds is 5. The fourth-order valence-corrected chi connectivity index (χ4v) is 4.82. The minimum atomic E-state index is -3.59. The molecule has 1 N–H and O–H groups in total. The van der Waals surface area contributed by atoms with Crippen LogP contribution in [-0.2, 0) is 10.0 Å². The molecule has 8 heteroatoms. The maximum Gasteiger partial charge on any atom is 0.255 e. The summed E-state index contributed by atoms with van der Waals surface area (Å²) in [5.41, 5.74) is 0.759. The topological polar surface area (TPSA) is 75.7 Å². The van der Waals surface area contributed by atoms with Crippen molar-refractivity contribution in [2.45, 2.75) is 24.2 Å². The number of hydrogen-bond acceptors (Lipinski definition) is 4. The molecule has 2 aromatic rings. The molecule has 0 spiro atoms. The van der Waals surface area contributed by atoms with E-state index in [1.54, 1.807) is 30.3 Å². The van der Waals surface area contributed by atoms with Crippen molar-refractivity contribution in [3.63, 3.8) is 0 Å². The zero-order valence-corrected chi connectivity index (χ0v) is 16.5. The van der Waals surface area contributed by atoms with Crippen molar-refractivity contribution in [2.24, 2.45) is 0 Å². The number of hydrogen-bond donors (Lipinski definition) is 1. The molecular formula is C19H21ClN2O4S. The summed E-state index contributed by atoms with van der Waals surface area (Å²) >= 11 is 6.07. The number of halogens is 1. The van der Waals surface area contributed by atoms with E-state index >= 15 is 0 Å². The average Bonchev–Trinajstić information content (AvgIpc) is 2.69. The molecule has 0 aromatic heterocycles. The van der Waals surface area contributed by atoms with E-state index < -0.39 is 15.9 Å². The van der Waals surface area contributed by atoms with E-state index in [0.29, 0.717) is 29.5 Å². The van der Waals surface area contributed by atoms with Crippen molar-refractivity contribution in [1.29, 1.82) is 0 Å². The quantitative estimate of drug-likeness (QED) is 0.816. The van der Waals surface area contributed by atoms with E-state index in [-0.39, 0.29) is 10.5 Å². The van der Waals surface area contributed by atoms with Gasteiger partial charge in [-0.15, -0.1) is 0 Å². The van der Waals surface area contributed by atoms with Gasteiger partial charge in [0, 0.05) is 24.3 Å². The van der Waals surface area contributed by atoms with Crippen LogP contribution >= 0.6 is 11.6 Å². The maximum absolute atomic E-state index is 12.8. The molecule has 0 bridgehead atoms. The molecule has 27 heavy (non-hydrogen) atoms. The lowest BCUT2D eigenvalue weighted by molar-refractivity contribution is 0.102. The highest BCUT2D eigenvalue weighted by atomic mass is 35.5. The van der Waals surface area contributed by atoms with Gasteiger partial charge in [-0.1, -0.05) is 24.1 Å². The summed E-state index contributed by atoms with van der Waals surface area (Å²) in [4.78, 5) is 12.7. The molecule has 1 aliphatic heterocycles. The highest BCUT2D eigenvalue weighted by Gasteiger charge is 2.26. The van der Waals surface area contributed by atoms with Crippen LogP contribution in [-0.4, -0.2) is 38.8 Å². The van der Waals surface area contributed by atoms with Gasteiger partial charge in [0.2, 0.25) is 10.0 Å². The third-order valence-electron chi connectivity index (χ3n) is 4.46. The maximum atomic E-state index is 12.8. The van der Waals surface area contributed by atoms with Crippen LogP contribution in [0.5, 0.6) is 5.75 Å². The Morgan fingerprint density at radius 3 is 2.52 bits per heavy atom. The lowest BCUT2D eigenvalue weighted by Gasteiger charge is -2.26. The molecule has 1 saturated heterocycles. The molecule has 0 radical (unpaired) electrons. The van der Waals surface area contributed by atoms with Gasteiger partial charge >= 0.3 is 0 Å². The number of nitrogens with zero attached hydrogens (tertiary/aromatic N) is 1. The second kappa shape index (κ2) is 8.29. The molecular weight excluding hydrogens is 388 g/mol. The van der Waals surface area contributed by atoms with Crippen molar-refractivity contribution in [1.82, 2.24) is 4.31 Å². The lowest BCUT2D eigenvalue weighted by atomic mass is 10.2. The van der Waals surface area contributed by atoms with Gasteiger partial charge in [0.15, 0.2) is 0 Å². The number of carbonyl (C=O) groups is 1. The van der Waals surface area contributed by atoms with E-state index in [4.69, 9.17) is 16.3 Å². The summed E-state index contributed by atoms with van der Waals surface area (Å²) < 4.78 is 32.2. The highest BCUT2D eigenvalue weighted by molar-refractivity contribution is 7.89. The summed E-state index contributed by atoms with van der Waals surface area (Å²) in [6.07, 6.45) is 2.76. The largest absolute Gasteiger partial charge is 0.495 e. The number of sulfonamides is 1. The number of anilines is 1. The van der Waals surface area contributed by atoms with Gasteiger partial charge in [0.1, 0.15) is 5.75 Å². The molecule has 0 saturated carbocycles. The Morgan fingerprint density at radius 1 is 1.11 bits per heavy atom. The lowest BCUT2D eigenvalue weighted by Crippen LogP contribution is -2.35. The SMILES string of the molecule is COc1ccc(NC(=O)c2cccc(S(=O)(=O)N3CCCCC3)c2)cc1Cl. The van der Waals surface area contributed by atoms with Crippen molar-refractivity contribution < 1.29 is 17.9 Å². The van der Waals surface area contributed by atoms with Crippen molar-refractivity contribution >= 4 is 33.2 Å². The van der Waals surface area contributed by atoms with Crippen molar-refractivity contribution in [3.8, 4) is 5.75 Å². The average molecular weight is 409 g/mol. The Hall–Kier alpha value is -2.09. The number of ether oxygens (including phenoxy) is 1. The summed E-state index contributed by atoms with van der Waals surface area (Å²) in [6.45, 7) is 1.03. The Morgan fingerprint density at radius 2 is 1.85 bits per heavy atom. The third kappa shape index (κ3) is 4.43. The number of nitrogens with one attached hydrogen (secondary N) is 1. The second-order valence-corrected chi connectivity index (χ2v) is 8.64. The van der Waals surface area contributed by atoms with E-state index in [1.807, 2.05) is 0 Å². The van der Waals surface area contributed by atoms with E-state index in [2.05, 4.69) is 5.32 Å². The van der Waals surface area contributed by atoms with Crippen molar-refractivity contribution in [2.75, 3.05) is 25.5 Å². The molecule has 3 rings (SSSR count). The summed E-state index contributed by atoms with van der Waals surface area (Å²) in [5, 5.41) is 3.09. The molecule has 2 aromatic carbocycles. The monoisotopic (exact) mass is 408 g/mol. The second-order valence-electron chi connectivity index (χ2n) is 6.30.